The van der Waals surface area contributed by atoms with Crippen LogP contribution in [0, 0.1) is 11.7 Å². The average molecular weight is 529 g/mol. The lowest BCUT2D eigenvalue weighted by Gasteiger charge is -2.25. The minimum absolute atomic E-state index is 0.158. The molecule has 11 heteroatoms. The number of aromatic nitrogens is 3. The van der Waals surface area contributed by atoms with Crippen LogP contribution in [0.15, 0.2) is 58.6 Å². The van der Waals surface area contributed by atoms with Gasteiger partial charge in [0.2, 0.25) is 17.8 Å². The number of nitrogens with two attached hydrogens (primary N) is 1. The minimum atomic E-state index is -0.711. The normalized spacial score (nSPS) is 11.9. The molecule has 0 aliphatic carbocycles. The molecule has 0 unspecified atom stereocenters. The van der Waals surface area contributed by atoms with Gasteiger partial charge in [0.1, 0.15) is 11.6 Å². The molecule has 198 valence electrons. The Morgan fingerprint density at radius 3 is 2.54 bits per heavy atom. The van der Waals surface area contributed by atoms with Crippen molar-refractivity contribution in [1.82, 2.24) is 15.0 Å². The van der Waals surface area contributed by atoms with Gasteiger partial charge in [-0.05, 0) is 73.0 Å². The third-order valence-electron chi connectivity index (χ3n) is 5.23. The van der Waals surface area contributed by atoms with Crippen molar-refractivity contribution in [3.8, 4) is 5.75 Å². The summed E-state index contributed by atoms with van der Waals surface area (Å²) in [7, 11) is 3.20. The van der Waals surface area contributed by atoms with Crippen molar-refractivity contribution >= 4 is 35.3 Å². The summed E-state index contributed by atoms with van der Waals surface area (Å²) in [4.78, 5) is 29.4. The number of anilines is 3. The Bertz CT molecular complexity index is 1170. The molecule has 0 spiro atoms. The lowest BCUT2D eigenvalue weighted by Crippen LogP contribution is -2.46. The molecule has 1 amide bonds. The van der Waals surface area contributed by atoms with E-state index in [1.165, 1.54) is 28.8 Å². The minimum Gasteiger partial charge on any atom is -0.497 e. The predicted octanol–water partition coefficient (Wildman–Crippen LogP) is 4.66. The van der Waals surface area contributed by atoms with E-state index in [4.69, 9.17) is 15.2 Å². The second-order valence-corrected chi connectivity index (χ2v) is 9.77. The number of hydrogen-bond acceptors (Lipinski definition) is 9. The molecule has 0 saturated carbocycles. The zero-order valence-corrected chi connectivity index (χ0v) is 22.3. The Morgan fingerprint density at radius 2 is 1.89 bits per heavy atom. The summed E-state index contributed by atoms with van der Waals surface area (Å²) in [5.74, 6) is 0.614. The summed E-state index contributed by atoms with van der Waals surface area (Å²) >= 11 is 1.30. The molecule has 2 aromatic carbocycles. The van der Waals surface area contributed by atoms with Gasteiger partial charge in [-0.1, -0.05) is 19.9 Å². The fraction of sp³-hybridized carbons (Fsp3) is 0.385. The average Bonchev–Trinajstić information content (AvgIpc) is 2.86. The van der Waals surface area contributed by atoms with E-state index in [1.807, 2.05) is 38.1 Å². The SMILES string of the molecule is COCCCN(C(=O)[C@@H](N)CC(C)C)c1nc(Nc2cccc(F)c2)nc(Sc2ccc(OC)cc2)n1. The molecule has 0 aliphatic rings. The molecule has 0 saturated heterocycles. The van der Waals surface area contributed by atoms with Gasteiger partial charge in [-0.3, -0.25) is 9.69 Å². The van der Waals surface area contributed by atoms with Gasteiger partial charge in [0.15, 0.2) is 5.16 Å². The number of rotatable bonds is 13. The van der Waals surface area contributed by atoms with Gasteiger partial charge in [0.05, 0.1) is 13.2 Å². The first-order valence-electron chi connectivity index (χ1n) is 12.0. The van der Waals surface area contributed by atoms with Crippen molar-refractivity contribution < 1.29 is 18.7 Å². The van der Waals surface area contributed by atoms with Gasteiger partial charge in [-0.25, -0.2) is 4.39 Å². The first-order chi connectivity index (χ1) is 17.8. The smallest absolute Gasteiger partial charge is 0.246 e. The number of carbonyl (C=O) groups is 1. The van der Waals surface area contributed by atoms with E-state index < -0.39 is 11.9 Å². The van der Waals surface area contributed by atoms with E-state index in [0.717, 1.165) is 10.6 Å². The Labute approximate surface area is 221 Å². The maximum atomic E-state index is 13.8. The van der Waals surface area contributed by atoms with Gasteiger partial charge in [0, 0.05) is 30.8 Å². The van der Waals surface area contributed by atoms with E-state index >= 15 is 0 Å². The molecule has 0 fully saturated rings. The van der Waals surface area contributed by atoms with Gasteiger partial charge in [-0.15, -0.1) is 0 Å². The Morgan fingerprint density at radius 1 is 1.14 bits per heavy atom. The summed E-state index contributed by atoms with van der Waals surface area (Å²) in [6, 6.07) is 12.7. The van der Waals surface area contributed by atoms with Crippen LogP contribution >= 0.6 is 11.8 Å². The summed E-state index contributed by atoms with van der Waals surface area (Å²) in [5, 5.41) is 3.38. The third-order valence-corrected chi connectivity index (χ3v) is 6.11. The van der Waals surface area contributed by atoms with Crippen molar-refractivity contribution in [2.75, 3.05) is 37.6 Å². The number of hydrogen-bond donors (Lipinski definition) is 2. The van der Waals surface area contributed by atoms with Crippen LogP contribution in [-0.2, 0) is 9.53 Å². The van der Waals surface area contributed by atoms with Crippen LogP contribution in [0.4, 0.5) is 22.0 Å². The van der Waals surface area contributed by atoms with E-state index in [9.17, 15) is 9.18 Å². The number of ether oxygens (including phenoxy) is 2. The van der Waals surface area contributed by atoms with Crippen molar-refractivity contribution in [3.63, 3.8) is 0 Å². The van der Waals surface area contributed by atoms with Crippen LogP contribution in [-0.4, -0.2) is 54.3 Å². The maximum Gasteiger partial charge on any atom is 0.246 e. The number of benzene rings is 2. The standard InChI is InChI=1S/C26H33FN6O3S/c1-17(2)15-22(28)23(34)33(13-6-14-35-3)25-30-24(29-19-8-5-7-18(27)16-19)31-26(32-25)37-21-11-9-20(36-4)10-12-21/h5,7-12,16-17,22H,6,13-15,28H2,1-4H3,(H,29,30,31,32)/t22-/m0/s1. The molecular formula is C26H33FN6O3S. The monoisotopic (exact) mass is 528 g/mol. The molecule has 9 nitrogen and oxygen atoms in total. The molecular weight excluding hydrogens is 495 g/mol. The van der Waals surface area contributed by atoms with Crippen LogP contribution in [0.1, 0.15) is 26.7 Å². The largest absolute Gasteiger partial charge is 0.497 e. The van der Waals surface area contributed by atoms with Gasteiger partial charge < -0.3 is 20.5 Å². The van der Waals surface area contributed by atoms with Crippen LogP contribution in [0.5, 0.6) is 5.75 Å². The molecule has 0 aliphatic heterocycles. The molecule has 3 aromatic rings. The predicted molar refractivity (Wildman–Crippen MR) is 143 cm³/mol. The van der Waals surface area contributed by atoms with Crippen molar-refractivity contribution in [2.45, 2.75) is 42.8 Å². The number of amides is 1. The lowest BCUT2D eigenvalue weighted by molar-refractivity contribution is -0.120. The quantitative estimate of drug-likeness (QED) is 0.306. The number of methoxy groups -OCH3 is 2. The third kappa shape index (κ3) is 8.66. The molecule has 1 heterocycles. The summed E-state index contributed by atoms with van der Waals surface area (Å²) < 4.78 is 24.2. The zero-order chi connectivity index (χ0) is 26.8. The van der Waals surface area contributed by atoms with E-state index in [1.54, 1.807) is 26.4 Å². The highest BCUT2D eigenvalue weighted by Gasteiger charge is 2.26. The molecule has 3 N–H and O–H groups in total. The van der Waals surface area contributed by atoms with Crippen LogP contribution in [0.3, 0.4) is 0 Å². The summed E-state index contributed by atoms with van der Waals surface area (Å²) in [6.45, 7) is 4.79. The van der Waals surface area contributed by atoms with Gasteiger partial charge in [0.25, 0.3) is 0 Å². The maximum absolute atomic E-state index is 13.8. The molecule has 1 atom stereocenters. The summed E-state index contributed by atoms with van der Waals surface area (Å²) in [5.41, 5.74) is 6.72. The number of carbonyl (C=O) groups excluding carboxylic acids is 1. The second kappa shape index (κ2) is 13.9. The number of halogens is 1. The fourth-order valence-corrected chi connectivity index (χ4v) is 4.24. The van der Waals surface area contributed by atoms with E-state index in [-0.39, 0.29) is 23.7 Å². The Hall–Kier alpha value is -3.28. The van der Waals surface area contributed by atoms with E-state index in [2.05, 4.69) is 20.3 Å². The van der Waals surface area contributed by atoms with Crippen molar-refractivity contribution in [3.05, 3.63) is 54.3 Å². The highest BCUT2D eigenvalue weighted by molar-refractivity contribution is 7.99. The zero-order valence-electron chi connectivity index (χ0n) is 21.5. The Kier molecular flexibility index (Phi) is 10.6. The highest BCUT2D eigenvalue weighted by Crippen LogP contribution is 2.29. The van der Waals surface area contributed by atoms with Crippen LogP contribution in [0.2, 0.25) is 0 Å². The molecule has 0 bridgehead atoms. The first kappa shape index (κ1) is 28.3. The lowest BCUT2D eigenvalue weighted by atomic mass is 10.0. The molecule has 37 heavy (non-hydrogen) atoms. The van der Waals surface area contributed by atoms with Crippen molar-refractivity contribution in [1.29, 1.82) is 0 Å². The van der Waals surface area contributed by atoms with Crippen LogP contribution in [0.25, 0.3) is 0 Å². The highest BCUT2D eigenvalue weighted by atomic mass is 32.2. The fourth-order valence-electron chi connectivity index (χ4n) is 3.50. The van der Waals surface area contributed by atoms with Crippen LogP contribution < -0.4 is 20.7 Å². The number of nitrogens with one attached hydrogen (secondary N) is 1. The Balaban J connectivity index is 2.00. The molecule has 1 aromatic heterocycles. The first-order valence-corrected chi connectivity index (χ1v) is 12.8. The molecule has 0 radical (unpaired) electrons. The second-order valence-electron chi connectivity index (χ2n) is 8.73. The molecule has 3 rings (SSSR count). The van der Waals surface area contributed by atoms with Gasteiger partial charge in [-0.2, -0.15) is 15.0 Å². The van der Waals surface area contributed by atoms with E-state index in [0.29, 0.717) is 36.8 Å². The van der Waals surface area contributed by atoms with Gasteiger partial charge >= 0.3 is 0 Å². The topological polar surface area (TPSA) is 115 Å². The summed E-state index contributed by atoms with van der Waals surface area (Å²) in [6.07, 6.45) is 1.09. The number of nitrogens with zero attached hydrogens (tertiary/aromatic N) is 4. The van der Waals surface area contributed by atoms with Crippen molar-refractivity contribution in [2.24, 2.45) is 11.7 Å².